The number of anilines is 2. The van der Waals surface area contributed by atoms with E-state index in [2.05, 4.69) is 5.32 Å². The van der Waals surface area contributed by atoms with Crippen LogP contribution < -0.4 is 11.1 Å². The molecule has 0 heterocycles. The van der Waals surface area contributed by atoms with Crippen molar-refractivity contribution in [3.05, 3.63) is 24.0 Å². The molecule has 18 heavy (non-hydrogen) atoms. The third kappa shape index (κ3) is 3.22. The quantitative estimate of drug-likeness (QED) is 0.625. The normalized spacial score (nSPS) is 17.2. The van der Waals surface area contributed by atoms with Crippen LogP contribution in [0.2, 0.25) is 0 Å². The Morgan fingerprint density at radius 1 is 1.22 bits per heavy atom. The summed E-state index contributed by atoms with van der Waals surface area (Å²) >= 11 is 0. The van der Waals surface area contributed by atoms with Crippen molar-refractivity contribution >= 4 is 17.3 Å². The molecule has 0 radical (unpaired) electrons. The molecule has 0 aromatic heterocycles. The largest absolute Gasteiger partial charge is 0.396 e. The highest BCUT2D eigenvalue weighted by Crippen LogP contribution is 2.24. The van der Waals surface area contributed by atoms with Gasteiger partial charge in [0, 0.05) is 11.6 Å². The third-order valence-electron chi connectivity index (χ3n) is 3.49. The van der Waals surface area contributed by atoms with Gasteiger partial charge < -0.3 is 11.1 Å². The molecule has 0 spiro atoms. The number of hydrogen-bond acceptors (Lipinski definition) is 2. The van der Waals surface area contributed by atoms with Crippen LogP contribution in [0.5, 0.6) is 0 Å². The van der Waals surface area contributed by atoms with Crippen LogP contribution in [0, 0.1) is 11.7 Å². The SMILES string of the molecule is Nc1cc(NC(=O)C2CCCCCC2)ccc1F. The van der Waals surface area contributed by atoms with E-state index in [0.29, 0.717) is 5.69 Å². The maximum absolute atomic E-state index is 13.0. The van der Waals surface area contributed by atoms with Crippen LogP contribution in [-0.2, 0) is 4.79 Å². The first-order valence-electron chi connectivity index (χ1n) is 6.52. The Morgan fingerprint density at radius 2 is 1.89 bits per heavy atom. The van der Waals surface area contributed by atoms with E-state index >= 15 is 0 Å². The number of benzene rings is 1. The van der Waals surface area contributed by atoms with E-state index < -0.39 is 5.82 Å². The second kappa shape index (κ2) is 5.85. The fourth-order valence-corrected chi connectivity index (χ4v) is 2.41. The molecule has 0 unspecified atom stereocenters. The van der Waals surface area contributed by atoms with Gasteiger partial charge in [0.1, 0.15) is 5.82 Å². The number of nitrogens with one attached hydrogen (secondary N) is 1. The summed E-state index contributed by atoms with van der Waals surface area (Å²) in [5, 5.41) is 2.82. The van der Waals surface area contributed by atoms with Crippen molar-refractivity contribution in [1.29, 1.82) is 0 Å². The molecule has 1 amide bonds. The smallest absolute Gasteiger partial charge is 0.227 e. The van der Waals surface area contributed by atoms with Crippen molar-refractivity contribution in [3.8, 4) is 0 Å². The molecule has 0 saturated heterocycles. The Bertz CT molecular complexity index is 426. The zero-order valence-corrected chi connectivity index (χ0v) is 10.4. The molecule has 1 fully saturated rings. The average Bonchev–Trinajstić information content (AvgIpc) is 2.62. The second-order valence-electron chi connectivity index (χ2n) is 4.91. The molecule has 4 heteroatoms. The molecule has 1 aromatic rings. The number of rotatable bonds is 2. The van der Waals surface area contributed by atoms with Gasteiger partial charge >= 0.3 is 0 Å². The van der Waals surface area contributed by atoms with E-state index in [0.717, 1.165) is 25.7 Å². The topological polar surface area (TPSA) is 55.1 Å². The lowest BCUT2D eigenvalue weighted by atomic mass is 9.99. The van der Waals surface area contributed by atoms with Crippen molar-refractivity contribution in [2.75, 3.05) is 11.1 Å². The molecule has 3 nitrogen and oxygen atoms in total. The molecule has 1 aliphatic carbocycles. The Kier molecular flexibility index (Phi) is 4.18. The average molecular weight is 250 g/mol. The van der Waals surface area contributed by atoms with Gasteiger partial charge in [-0.25, -0.2) is 4.39 Å². The number of nitrogen functional groups attached to an aromatic ring is 1. The lowest BCUT2D eigenvalue weighted by Gasteiger charge is -2.14. The Labute approximate surface area is 107 Å². The first-order valence-corrected chi connectivity index (χ1v) is 6.52. The van der Waals surface area contributed by atoms with Gasteiger partial charge in [-0.05, 0) is 31.0 Å². The van der Waals surface area contributed by atoms with E-state index in [9.17, 15) is 9.18 Å². The minimum atomic E-state index is -0.456. The summed E-state index contributed by atoms with van der Waals surface area (Å²) in [5.41, 5.74) is 6.11. The number of halogens is 1. The highest BCUT2D eigenvalue weighted by Gasteiger charge is 2.20. The van der Waals surface area contributed by atoms with Crippen molar-refractivity contribution < 1.29 is 9.18 Å². The molecular weight excluding hydrogens is 231 g/mol. The second-order valence-corrected chi connectivity index (χ2v) is 4.91. The Morgan fingerprint density at radius 3 is 2.50 bits per heavy atom. The zero-order valence-electron chi connectivity index (χ0n) is 10.4. The number of carbonyl (C=O) groups is 1. The first kappa shape index (κ1) is 12.9. The van der Waals surface area contributed by atoms with Gasteiger partial charge in [0.2, 0.25) is 5.91 Å². The lowest BCUT2D eigenvalue weighted by Crippen LogP contribution is -2.22. The van der Waals surface area contributed by atoms with Gasteiger partial charge in [0.15, 0.2) is 0 Å². The summed E-state index contributed by atoms with van der Waals surface area (Å²) in [5.74, 6) is -0.343. The predicted octanol–water partition coefficient (Wildman–Crippen LogP) is 3.32. The predicted molar refractivity (Wildman–Crippen MR) is 70.6 cm³/mol. The lowest BCUT2D eigenvalue weighted by molar-refractivity contribution is -0.120. The van der Waals surface area contributed by atoms with Crippen LogP contribution in [0.15, 0.2) is 18.2 Å². The third-order valence-corrected chi connectivity index (χ3v) is 3.49. The highest BCUT2D eigenvalue weighted by atomic mass is 19.1. The van der Waals surface area contributed by atoms with Gasteiger partial charge in [-0.1, -0.05) is 25.7 Å². The van der Waals surface area contributed by atoms with E-state index in [1.165, 1.54) is 25.0 Å². The molecule has 2 rings (SSSR count). The summed E-state index contributed by atoms with van der Waals surface area (Å²) in [7, 11) is 0. The summed E-state index contributed by atoms with van der Waals surface area (Å²) in [4.78, 5) is 12.1. The van der Waals surface area contributed by atoms with Crippen molar-refractivity contribution in [2.24, 2.45) is 5.92 Å². The van der Waals surface area contributed by atoms with Crippen LogP contribution >= 0.6 is 0 Å². The van der Waals surface area contributed by atoms with E-state index in [-0.39, 0.29) is 17.5 Å². The van der Waals surface area contributed by atoms with Crippen LogP contribution in [0.1, 0.15) is 38.5 Å². The summed E-state index contributed by atoms with van der Waals surface area (Å²) in [6.07, 6.45) is 6.55. The van der Waals surface area contributed by atoms with Crippen molar-refractivity contribution in [3.63, 3.8) is 0 Å². The standard InChI is InChI=1S/C14H19FN2O/c15-12-8-7-11(9-13(12)16)17-14(18)10-5-3-1-2-4-6-10/h7-10H,1-6,16H2,(H,17,18). The number of amides is 1. The monoisotopic (exact) mass is 250 g/mol. The molecular formula is C14H19FN2O. The zero-order chi connectivity index (χ0) is 13.0. The Hall–Kier alpha value is -1.58. The minimum absolute atomic E-state index is 0.0305. The van der Waals surface area contributed by atoms with E-state index in [1.807, 2.05) is 0 Å². The Balaban J connectivity index is 1.99. The van der Waals surface area contributed by atoms with Crippen molar-refractivity contribution in [1.82, 2.24) is 0 Å². The highest BCUT2D eigenvalue weighted by molar-refractivity contribution is 5.92. The summed E-state index contributed by atoms with van der Waals surface area (Å²) in [6, 6.07) is 4.28. The number of carbonyl (C=O) groups excluding carboxylic acids is 1. The molecule has 0 atom stereocenters. The van der Waals surface area contributed by atoms with E-state index in [4.69, 9.17) is 5.73 Å². The molecule has 3 N–H and O–H groups in total. The fourth-order valence-electron chi connectivity index (χ4n) is 2.41. The van der Waals surface area contributed by atoms with Crippen LogP contribution in [0.4, 0.5) is 15.8 Å². The maximum atomic E-state index is 13.0. The molecule has 1 aromatic carbocycles. The first-order chi connectivity index (χ1) is 8.66. The molecule has 0 aliphatic heterocycles. The van der Waals surface area contributed by atoms with Gasteiger partial charge in [-0.15, -0.1) is 0 Å². The van der Waals surface area contributed by atoms with Gasteiger partial charge in [0.25, 0.3) is 0 Å². The number of hydrogen-bond donors (Lipinski definition) is 2. The van der Waals surface area contributed by atoms with Gasteiger partial charge in [0.05, 0.1) is 5.69 Å². The molecule has 98 valence electrons. The molecule has 1 saturated carbocycles. The minimum Gasteiger partial charge on any atom is -0.396 e. The van der Waals surface area contributed by atoms with Gasteiger partial charge in [-0.2, -0.15) is 0 Å². The summed E-state index contributed by atoms with van der Waals surface area (Å²) in [6.45, 7) is 0. The molecule has 1 aliphatic rings. The van der Waals surface area contributed by atoms with Crippen molar-refractivity contribution in [2.45, 2.75) is 38.5 Å². The number of nitrogens with two attached hydrogens (primary N) is 1. The summed E-state index contributed by atoms with van der Waals surface area (Å²) < 4.78 is 13.0. The van der Waals surface area contributed by atoms with Crippen LogP contribution in [0.3, 0.4) is 0 Å². The van der Waals surface area contributed by atoms with E-state index in [1.54, 1.807) is 6.07 Å². The fraction of sp³-hybridized carbons (Fsp3) is 0.500. The maximum Gasteiger partial charge on any atom is 0.227 e. The molecule has 0 bridgehead atoms. The van der Waals surface area contributed by atoms with Crippen LogP contribution in [0.25, 0.3) is 0 Å². The van der Waals surface area contributed by atoms with Crippen LogP contribution in [-0.4, -0.2) is 5.91 Å². The van der Waals surface area contributed by atoms with Gasteiger partial charge in [-0.3, -0.25) is 4.79 Å².